The van der Waals surface area contributed by atoms with E-state index in [2.05, 4.69) is 15.0 Å². The first-order valence-corrected chi connectivity index (χ1v) is 12.1. The number of rotatable bonds is 8. The van der Waals surface area contributed by atoms with Crippen molar-refractivity contribution in [1.82, 2.24) is 4.98 Å². The van der Waals surface area contributed by atoms with E-state index in [-0.39, 0.29) is 16.6 Å². The molecule has 0 spiro atoms. The van der Waals surface area contributed by atoms with Crippen molar-refractivity contribution < 1.29 is 17.9 Å². The van der Waals surface area contributed by atoms with Crippen LogP contribution in [0.25, 0.3) is 0 Å². The highest BCUT2D eigenvalue weighted by Crippen LogP contribution is 2.20. The molecule has 7 nitrogen and oxygen atoms in total. The van der Waals surface area contributed by atoms with Gasteiger partial charge in [0.25, 0.3) is 15.9 Å². The first-order chi connectivity index (χ1) is 16.4. The van der Waals surface area contributed by atoms with Crippen molar-refractivity contribution in [3.63, 3.8) is 0 Å². The topological polar surface area (TPSA) is 97.4 Å². The number of carbonyl (C=O) groups is 1. The number of halogens is 1. The standard InChI is InChI=1S/C25H20ClN3O4S/c26-23-6-2-1-5-19(23)17-33-21-12-8-18(9-13-21)25(30)28-20-10-14-22(15-11-20)34(31,32)29-24-7-3-4-16-27-24/h1-16H,17H2,(H,27,29)(H,28,30). The Morgan fingerprint density at radius 1 is 0.882 bits per heavy atom. The first-order valence-electron chi connectivity index (χ1n) is 10.2. The van der Waals surface area contributed by atoms with Crippen LogP contribution in [-0.2, 0) is 16.6 Å². The Bertz CT molecular complexity index is 1380. The van der Waals surface area contributed by atoms with Gasteiger partial charge in [-0.1, -0.05) is 35.9 Å². The number of hydrogen-bond donors (Lipinski definition) is 2. The maximum Gasteiger partial charge on any atom is 0.263 e. The molecule has 3 aromatic carbocycles. The maximum atomic E-state index is 12.6. The molecule has 2 N–H and O–H groups in total. The van der Waals surface area contributed by atoms with E-state index < -0.39 is 10.0 Å². The summed E-state index contributed by atoms with van der Waals surface area (Å²) in [5.74, 6) is 0.491. The van der Waals surface area contributed by atoms with Gasteiger partial charge in [0.2, 0.25) is 0 Å². The fourth-order valence-corrected chi connectivity index (χ4v) is 4.22. The number of ether oxygens (including phenoxy) is 1. The van der Waals surface area contributed by atoms with Gasteiger partial charge >= 0.3 is 0 Å². The maximum absolute atomic E-state index is 12.6. The summed E-state index contributed by atoms with van der Waals surface area (Å²) >= 11 is 6.13. The summed E-state index contributed by atoms with van der Waals surface area (Å²) in [6.07, 6.45) is 1.49. The smallest absolute Gasteiger partial charge is 0.263 e. The van der Waals surface area contributed by atoms with Crippen LogP contribution in [0, 0.1) is 0 Å². The fourth-order valence-electron chi connectivity index (χ4n) is 3.02. The Morgan fingerprint density at radius 2 is 1.59 bits per heavy atom. The minimum atomic E-state index is -3.79. The van der Waals surface area contributed by atoms with Gasteiger partial charge in [0.1, 0.15) is 18.2 Å². The summed E-state index contributed by atoms with van der Waals surface area (Å²) in [6, 6.07) is 24.9. The number of aromatic nitrogens is 1. The molecular formula is C25H20ClN3O4S. The molecule has 0 saturated carbocycles. The lowest BCUT2D eigenvalue weighted by molar-refractivity contribution is 0.102. The van der Waals surface area contributed by atoms with Crippen LogP contribution in [0.15, 0.2) is 102 Å². The van der Waals surface area contributed by atoms with E-state index in [9.17, 15) is 13.2 Å². The lowest BCUT2D eigenvalue weighted by atomic mass is 10.2. The number of pyridine rings is 1. The number of amides is 1. The molecule has 0 aliphatic carbocycles. The van der Waals surface area contributed by atoms with Gasteiger partial charge in [0.05, 0.1) is 4.90 Å². The summed E-state index contributed by atoms with van der Waals surface area (Å²) < 4.78 is 33.1. The van der Waals surface area contributed by atoms with Crippen molar-refractivity contribution in [1.29, 1.82) is 0 Å². The Balaban J connectivity index is 1.35. The summed E-state index contributed by atoms with van der Waals surface area (Å²) in [6.45, 7) is 0.315. The second-order valence-electron chi connectivity index (χ2n) is 7.20. The molecule has 1 aromatic heterocycles. The molecule has 0 aliphatic rings. The zero-order valence-corrected chi connectivity index (χ0v) is 19.4. The molecular weight excluding hydrogens is 474 g/mol. The minimum Gasteiger partial charge on any atom is -0.489 e. The molecule has 0 bridgehead atoms. The number of anilines is 2. The van der Waals surface area contributed by atoms with Crippen LogP contribution in [0.5, 0.6) is 5.75 Å². The van der Waals surface area contributed by atoms with Crippen LogP contribution in [0.4, 0.5) is 11.5 Å². The molecule has 1 heterocycles. The summed E-state index contributed by atoms with van der Waals surface area (Å²) in [4.78, 5) is 16.6. The van der Waals surface area contributed by atoms with Gasteiger partial charge in [0, 0.05) is 28.0 Å². The monoisotopic (exact) mass is 493 g/mol. The number of nitrogens with zero attached hydrogens (tertiary/aromatic N) is 1. The Labute approximate surface area is 202 Å². The van der Waals surface area contributed by atoms with E-state index in [1.54, 1.807) is 48.5 Å². The van der Waals surface area contributed by atoms with Gasteiger partial charge < -0.3 is 10.1 Å². The molecule has 4 rings (SSSR count). The van der Waals surface area contributed by atoms with E-state index in [1.807, 2.05) is 18.2 Å². The highest BCUT2D eigenvalue weighted by molar-refractivity contribution is 7.92. The van der Waals surface area contributed by atoms with Crippen LogP contribution in [-0.4, -0.2) is 19.3 Å². The lowest BCUT2D eigenvalue weighted by Gasteiger charge is -2.10. The van der Waals surface area contributed by atoms with E-state index in [1.165, 1.54) is 30.5 Å². The first kappa shape index (κ1) is 23.3. The van der Waals surface area contributed by atoms with Crippen LogP contribution in [0.3, 0.4) is 0 Å². The molecule has 9 heteroatoms. The van der Waals surface area contributed by atoms with E-state index in [4.69, 9.17) is 16.3 Å². The molecule has 0 unspecified atom stereocenters. The predicted molar refractivity (Wildman–Crippen MR) is 132 cm³/mol. The van der Waals surface area contributed by atoms with Crippen LogP contribution >= 0.6 is 11.6 Å². The molecule has 172 valence electrons. The second-order valence-corrected chi connectivity index (χ2v) is 9.29. The van der Waals surface area contributed by atoms with Crippen LogP contribution < -0.4 is 14.8 Å². The third-order valence-corrected chi connectivity index (χ3v) is 6.53. The van der Waals surface area contributed by atoms with Crippen molar-refractivity contribution >= 4 is 39.0 Å². The van der Waals surface area contributed by atoms with Crippen molar-refractivity contribution in [3.8, 4) is 5.75 Å². The van der Waals surface area contributed by atoms with Gasteiger partial charge in [-0.15, -0.1) is 0 Å². The van der Waals surface area contributed by atoms with Gasteiger partial charge in [-0.2, -0.15) is 0 Å². The summed E-state index contributed by atoms with van der Waals surface area (Å²) in [5, 5.41) is 3.38. The summed E-state index contributed by atoms with van der Waals surface area (Å²) in [5.41, 5.74) is 1.76. The molecule has 0 radical (unpaired) electrons. The highest BCUT2D eigenvalue weighted by atomic mass is 35.5. The fraction of sp³-hybridized carbons (Fsp3) is 0.0400. The number of hydrogen-bond acceptors (Lipinski definition) is 5. The third-order valence-electron chi connectivity index (χ3n) is 4.79. The normalized spacial score (nSPS) is 11.0. The second kappa shape index (κ2) is 10.4. The zero-order chi connectivity index (χ0) is 24.0. The van der Waals surface area contributed by atoms with Crippen molar-refractivity contribution in [3.05, 3.63) is 113 Å². The number of benzene rings is 3. The number of sulfonamides is 1. The average Bonchev–Trinajstić information content (AvgIpc) is 2.84. The SMILES string of the molecule is O=C(Nc1ccc(S(=O)(=O)Nc2ccccn2)cc1)c1ccc(OCc2ccccc2Cl)cc1. The van der Waals surface area contributed by atoms with Crippen LogP contribution in [0.1, 0.15) is 15.9 Å². The van der Waals surface area contributed by atoms with Crippen molar-refractivity contribution in [2.24, 2.45) is 0 Å². The van der Waals surface area contributed by atoms with Gasteiger partial charge in [0.15, 0.2) is 0 Å². The molecule has 0 atom stereocenters. The summed E-state index contributed by atoms with van der Waals surface area (Å²) in [7, 11) is -3.79. The molecule has 0 saturated heterocycles. The van der Waals surface area contributed by atoms with Gasteiger partial charge in [-0.05, 0) is 66.7 Å². The average molecular weight is 494 g/mol. The molecule has 1 amide bonds. The molecule has 0 fully saturated rings. The Morgan fingerprint density at radius 3 is 2.26 bits per heavy atom. The van der Waals surface area contributed by atoms with E-state index in [0.29, 0.717) is 28.6 Å². The predicted octanol–water partition coefficient (Wildman–Crippen LogP) is 5.37. The quantitative estimate of drug-likeness (QED) is 0.344. The number of nitrogens with one attached hydrogen (secondary N) is 2. The third kappa shape index (κ3) is 5.92. The highest BCUT2D eigenvalue weighted by Gasteiger charge is 2.15. The number of carbonyl (C=O) groups excluding carboxylic acids is 1. The van der Waals surface area contributed by atoms with Crippen molar-refractivity contribution in [2.45, 2.75) is 11.5 Å². The Kier molecular flexibility index (Phi) is 7.10. The minimum absolute atomic E-state index is 0.0520. The van der Waals surface area contributed by atoms with Gasteiger partial charge in [-0.25, -0.2) is 13.4 Å². The lowest BCUT2D eigenvalue weighted by Crippen LogP contribution is -2.14. The molecule has 34 heavy (non-hydrogen) atoms. The Hall–Kier alpha value is -3.88. The van der Waals surface area contributed by atoms with E-state index >= 15 is 0 Å². The van der Waals surface area contributed by atoms with Crippen molar-refractivity contribution in [2.75, 3.05) is 10.0 Å². The van der Waals surface area contributed by atoms with Crippen LogP contribution in [0.2, 0.25) is 5.02 Å². The zero-order valence-electron chi connectivity index (χ0n) is 17.8. The largest absolute Gasteiger partial charge is 0.489 e. The van der Waals surface area contributed by atoms with Gasteiger partial charge in [-0.3, -0.25) is 9.52 Å². The molecule has 0 aliphatic heterocycles. The molecule has 4 aromatic rings. The van der Waals surface area contributed by atoms with E-state index in [0.717, 1.165) is 5.56 Å².